The van der Waals surface area contributed by atoms with Crippen molar-refractivity contribution in [3.8, 4) is 0 Å². The predicted octanol–water partition coefficient (Wildman–Crippen LogP) is 2.72. The van der Waals surface area contributed by atoms with E-state index >= 15 is 0 Å². The third-order valence-electron chi connectivity index (χ3n) is 2.82. The molecule has 1 amide bonds. The van der Waals surface area contributed by atoms with Gasteiger partial charge in [-0.1, -0.05) is 33.5 Å². The lowest BCUT2D eigenvalue weighted by Gasteiger charge is -2.30. The molecule has 1 aliphatic rings. The predicted molar refractivity (Wildman–Crippen MR) is 62.6 cm³/mol. The minimum atomic E-state index is -1.40. The molecule has 1 fully saturated rings. The van der Waals surface area contributed by atoms with E-state index < -0.39 is 8.24 Å². The van der Waals surface area contributed by atoms with Crippen molar-refractivity contribution < 1.29 is 4.79 Å². The van der Waals surface area contributed by atoms with Crippen molar-refractivity contribution in [3.63, 3.8) is 0 Å². The zero-order valence-electron chi connectivity index (χ0n) is 10.1. The summed E-state index contributed by atoms with van der Waals surface area (Å²) >= 11 is 0. The van der Waals surface area contributed by atoms with Crippen LogP contribution in [0.3, 0.4) is 0 Å². The Balaban J connectivity index is 2.56. The lowest BCUT2D eigenvalue weighted by Crippen LogP contribution is -2.46. The summed E-state index contributed by atoms with van der Waals surface area (Å²) in [5.74, 6) is 1.73. The molecule has 0 aromatic heterocycles. The molecule has 0 spiro atoms. The van der Waals surface area contributed by atoms with E-state index in [9.17, 15) is 4.79 Å². The number of nitrogens with zero attached hydrogens (tertiary/aromatic N) is 1. The van der Waals surface area contributed by atoms with Crippen LogP contribution in [0.25, 0.3) is 0 Å². The average molecular weight is 213 g/mol. The molecule has 14 heavy (non-hydrogen) atoms. The first-order chi connectivity index (χ1) is 6.30. The molecule has 1 aliphatic heterocycles. The van der Waals surface area contributed by atoms with Crippen molar-refractivity contribution in [1.29, 1.82) is 0 Å². The Morgan fingerprint density at radius 1 is 1.43 bits per heavy atom. The number of amides is 1. The van der Waals surface area contributed by atoms with Crippen LogP contribution >= 0.6 is 0 Å². The quantitative estimate of drug-likeness (QED) is 0.660. The van der Waals surface area contributed by atoms with Crippen LogP contribution in [0.4, 0.5) is 0 Å². The van der Waals surface area contributed by atoms with Crippen molar-refractivity contribution in [2.45, 2.75) is 46.3 Å². The van der Waals surface area contributed by atoms with Crippen LogP contribution in [-0.2, 0) is 4.79 Å². The lowest BCUT2D eigenvalue weighted by atomic mass is 9.97. The fourth-order valence-electron chi connectivity index (χ4n) is 2.25. The fraction of sp³-hybridized carbons (Fsp3) is 0.909. The first-order valence-corrected chi connectivity index (χ1v) is 9.06. The second kappa shape index (κ2) is 4.05. The van der Waals surface area contributed by atoms with Gasteiger partial charge in [0.1, 0.15) is 0 Å². The number of carbonyl (C=O) groups is 1. The molecular formula is C11H23NOSi. The van der Waals surface area contributed by atoms with Crippen LogP contribution in [0.5, 0.6) is 0 Å². The summed E-state index contributed by atoms with van der Waals surface area (Å²) < 4.78 is 2.17. The Labute approximate surface area is 88.8 Å². The molecule has 2 nitrogen and oxygen atoms in total. The molecule has 0 saturated carbocycles. The highest BCUT2D eigenvalue weighted by Crippen LogP contribution is 2.27. The van der Waals surface area contributed by atoms with Crippen molar-refractivity contribution in [2.24, 2.45) is 11.8 Å². The molecule has 1 unspecified atom stereocenters. The molecule has 1 atom stereocenters. The van der Waals surface area contributed by atoms with Gasteiger partial charge in [0.2, 0.25) is 5.91 Å². The molecule has 0 bridgehead atoms. The molecule has 0 N–H and O–H groups in total. The second-order valence-corrected chi connectivity index (χ2v) is 10.8. The Bertz CT molecular complexity index is 220. The Kier molecular flexibility index (Phi) is 3.40. The number of rotatable bonds is 3. The molecule has 1 heterocycles. The van der Waals surface area contributed by atoms with Crippen LogP contribution in [0.15, 0.2) is 0 Å². The molecular weight excluding hydrogens is 190 g/mol. The van der Waals surface area contributed by atoms with E-state index in [0.717, 1.165) is 18.9 Å². The smallest absolute Gasteiger partial charge is 0.215 e. The van der Waals surface area contributed by atoms with Crippen LogP contribution in [-0.4, -0.2) is 25.3 Å². The second-order valence-electron chi connectivity index (χ2n) is 5.87. The highest BCUT2D eigenvalue weighted by Gasteiger charge is 2.37. The van der Waals surface area contributed by atoms with Gasteiger partial charge in [-0.2, -0.15) is 0 Å². The molecule has 0 aromatic carbocycles. The van der Waals surface area contributed by atoms with Crippen LogP contribution in [0.1, 0.15) is 26.7 Å². The van der Waals surface area contributed by atoms with Gasteiger partial charge in [0.15, 0.2) is 8.24 Å². The maximum atomic E-state index is 11.8. The third kappa shape index (κ3) is 2.84. The monoisotopic (exact) mass is 213 g/mol. The van der Waals surface area contributed by atoms with Crippen LogP contribution in [0, 0.1) is 11.8 Å². The van der Waals surface area contributed by atoms with Gasteiger partial charge in [0.05, 0.1) is 0 Å². The summed E-state index contributed by atoms with van der Waals surface area (Å²) in [4.78, 5) is 11.8. The number of hydrogen-bond acceptors (Lipinski definition) is 1. The van der Waals surface area contributed by atoms with E-state index in [4.69, 9.17) is 0 Å². The van der Waals surface area contributed by atoms with Gasteiger partial charge in [-0.3, -0.25) is 4.79 Å². The number of carbonyl (C=O) groups excluding carboxylic acids is 1. The van der Waals surface area contributed by atoms with Crippen molar-refractivity contribution in [2.75, 3.05) is 6.54 Å². The first kappa shape index (κ1) is 11.8. The minimum absolute atomic E-state index is 0.398. The molecule has 1 rings (SSSR count). The van der Waals surface area contributed by atoms with Gasteiger partial charge in [0, 0.05) is 13.0 Å². The SMILES string of the molecule is CC(C)CC1CC(=O)N([Si](C)(C)C)C1. The number of hydrogen-bond donors (Lipinski definition) is 0. The van der Waals surface area contributed by atoms with Gasteiger partial charge in [-0.25, -0.2) is 0 Å². The molecule has 0 radical (unpaired) electrons. The van der Waals surface area contributed by atoms with E-state index in [2.05, 4.69) is 38.1 Å². The average Bonchev–Trinajstić information content (AvgIpc) is 2.27. The van der Waals surface area contributed by atoms with E-state index in [1.165, 1.54) is 6.42 Å². The van der Waals surface area contributed by atoms with Gasteiger partial charge in [-0.15, -0.1) is 0 Å². The lowest BCUT2D eigenvalue weighted by molar-refractivity contribution is -0.124. The van der Waals surface area contributed by atoms with E-state index in [1.807, 2.05) is 0 Å². The summed E-state index contributed by atoms with van der Waals surface area (Å²) in [5.41, 5.74) is 0. The molecule has 1 saturated heterocycles. The topological polar surface area (TPSA) is 20.3 Å². The summed E-state index contributed by atoms with van der Waals surface area (Å²) in [6.45, 7) is 12.3. The molecule has 0 aromatic rings. The normalized spacial score (nSPS) is 23.7. The van der Waals surface area contributed by atoms with E-state index in [-0.39, 0.29) is 0 Å². The maximum absolute atomic E-state index is 11.8. The Morgan fingerprint density at radius 2 is 2.00 bits per heavy atom. The van der Waals surface area contributed by atoms with Gasteiger partial charge in [-0.05, 0) is 18.3 Å². The zero-order valence-corrected chi connectivity index (χ0v) is 11.1. The summed E-state index contributed by atoms with van der Waals surface area (Å²) in [6.07, 6.45) is 2.00. The molecule has 0 aliphatic carbocycles. The Hall–Kier alpha value is -0.313. The largest absolute Gasteiger partial charge is 0.370 e. The maximum Gasteiger partial charge on any atom is 0.215 e. The van der Waals surface area contributed by atoms with Crippen LogP contribution < -0.4 is 0 Å². The van der Waals surface area contributed by atoms with Crippen molar-refractivity contribution in [1.82, 2.24) is 4.57 Å². The van der Waals surface area contributed by atoms with E-state index in [1.54, 1.807) is 0 Å². The summed E-state index contributed by atoms with van der Waals surface area (Å²) in [6, 6.07) is 0. The minimum Gasteiger partial charge on any atom is -0.370 e. The summed E-state index contributed by atoms with van der Waals surface area (Å²) in [5, 5.41) is 0. The summed E-state index contributed by atoms with van der Waals surface area (Å²) in [7, 11) is -1.40. The highest BCUT2D eigenvalue weighted by molar-refractivity contribution is 6.75. The fourth-order valence-corrected chi connectivity index (χ4v) is 3.90. The van der Waals surface area contributed by atoms with Crippen molar-refractivity contribution in [3.05, 3.63) is 0 Å². The van der Waals surface area contributed by atoms with Gasteiger partial charge < -0.3 is 4.57 Å². The van der Waals surface area contributed by atoms with Gasteiger partial charge in [0.25, 0.3) is 0 Å². The van der Waals surface area contributed by atoms with E-state index in [0.29, 0.717) is 11.8 Å². The third-order valence-corrected chi connectivity index (χ3v) is 4.87. The van der Waals surface area contributed by atoms with Gasteiger partial charge >= 0.3 is 0 Å². The first-order valence-electron chi connectivity index (χ1n) is 5.61. The zero-order chi connectivity index (χ0) is 10.9. The van der Waals surface area contributed by atoms with Crippen LogP contribution in [0.2, 0.25) is 19.6 Å². The molecule has 3 heteroatoms. The molecule has 82 valence electrons. The highest BCUT2D eigenvalue weighted by atomic mass is 28.3. The Morgan fingerprint density at radius 3 is 2.36 bits per heavy atom. The standard InChI is InChI=1S/C11H23NOSi/c1-9(2)6-10-7-11(13)12(8-10)14(3,4)5/h9-10H,6-8H2,1-5H3. The van der Waals surface area contributed by atoms with Crippen molar-refractivity contribution >= 4 is 14.1 Å².